The molecular weight excluding hydrogens is 382 g/mol. The minimum absolute atomic E-state index is 0.206. The fraction of sp³-hybridized carbons (Fsp3) is 0.474. The van der Waals surface area contributed by atoms with Crippen LogP contribution in [0.1, 0.15) is 38.5 Å². The maximum Gasteiger partial charge on any atom is 0.307 e. The summed E-state index contributed by atoms with van der Waals surface area (Å²) < 4.78 is 7.07. The molecule has 1 aliphatic rings. The molecule has 8 heteroatoms. The lowest BCUT2D eigenvalue weighted by atomic mass is 9.83. The number of rotatable bonds is 7. The van der Waals surface area contributed by atoms with Crippen LogP contribution in [-0.2, 0) is 14.3 Å². The third-order valence-electron chi connectivity index (χ3n) is 4.47. The molecule has 0 unspecified atom stereocenters. The number of fused-ring (bicyclic) bond motifs is 1. The van der Waals surface area contributed by atoms with Crippen LogP contribution in [0.5, 0.6) is 0 Å². The number of aromatic nitrogens is 1. The second-order valence-electron chi connectivity index (χ2n) is 6.51. The number of thioether (sulfide) groups is 1. The zero-order valence-corrected chi connectivity index (χ0v) is 16.5. The number of hydrogen-bond acceptors (Lipinski definition) is 7. The van der Waals surface area contributed by atoms with E-state index in [1.165, 1.54) is 11.8 Å². The zero-order valence-electron chi connectivity index (χ0n) is 14.9. The van der Waals surface area contributed by atoms with Crippen molar-refractivity contribution in [1.82, 2.24) is 10.3 Å². The summed E-state index contributed by atoms with van der Waals surface area (Å²) in [6.45, 7) is -0.339. The number of amides is 1. The van der Waals surface area contributed by atoms with E-state index in [0.717, 1.165) is 33.8 Å². The summed E-state index contributed by atoms with van der Waals surface area (Å²) in [7, 11) is 0. The number of hydrogen-bond donors (Lipinski definition) is 1. The highest BCUT2D eigenvalue weighted by Gasteiger charge is 2.33. The Morgan fingerprint density at radius 3 is 2.81 bits per heavy atom. The summed E-state index contributed by atoms with van der Waals surface area (Å²) in [6.07, 6.45) is 4.45. The van der Waals surface area contributed by atoms with Gasteiger partial charge in [-0.25, -0.2) is 4.98 Å². The summed E-state index contributed by atoms with van der Waals surface area (Å²) in [6, 6.07) is 10.1. The van der Waals surface area contributed by atoms with Gasteiger partial charge in [0.15, 0.2) is 10.9 Å². The molecule has 1 aromatic heterocycles. The first-order valence-corrected chi connectivity index (χ1v) is 10.8. The molecular formula is C19H21N3O3S2. The van der Waals surface area contributed by atoms with Crippen LogP contribution in [0.25, 0.3) is 10.2 Å². The average Bonchev–Trinajstić information content (AvgIpc) is 3.10. The standard InChI is InChI=1S/C19H21N3O3S2/c20-13-19(9-4-1-5-10-19)22-16(23)12-25-17(24)8-11-26-18-21-14-6-2-3-7-15(14)27-18/h2-3,6-7H,1,4-5,8-12H2,(H,22,23). The molecule has 1 N–H and O–H groups in total. The lowest BCUT2D eigenvalue weighted by molar-refractivity contribution is -0.148. The first-order chi connectivity index (χ1) is 13.1. The van der Waals surface area contributed by atoms with Crippen LogP contribution in [0.4, 0.5) is 0 Å². The van der Waals surface area contributed by atoms with E-state index in [4.69, 9.17) is 4.74 Å². The van der Waals surface area contributed by atoms with Gasteiger partial charge in [-0.3, -0.25) is 9.59 Å². The Morgan fingerprint density at radius 1 is 1.30 bits per heavy atom. The molecule has 1 heterocycles. The molecule has 2 aromatic rings. The molecule has 0 radical (unpaired) electrons. The highest BCUT2D eigenvalue weighted by molar-refractivity contribution is 8.01. The van der Waals surface area contributed by atoms with Crippen LogP contribution in [0, 0.1) is 11.3 Å². The molecule has 6 nitrogen and oxygen atoms in total. The predicted molar refractivity (Wildman–Crippen MR) is 105 cm³/mol. The highest BCUT2D eigenvalue weighted by atomic mass is 32.2. The maximum atomic E-state index is 12.0. The molecule has 1 saturated carbocycles. The van der Waals surface area contributed by atoms with E-state index in [1.807, 2.05) is 24.3 Å². The van der Waals surface area contributed by atoms with Gasteiger partial charge in [0.2, 0.25) is 0 Å². The molecule has 1 aliphatic carbocycles. The number of esters is 1. The molecule has 0 saturated heterocycles. The number of nitrogens with zero attached hydrogens (tertiary/aromatic N) is 2. The highest BCUT2D eigenvalue weighted by Crippen LogP contribution is 2.29. The first kappa shape index (κ1) is 19.6. The van der Waals surface area contributed by atoms with E-state index < -0.39 is 17.4 Å². The van der Waals surface area contributed by atoms with Gasteiger partial charge in [-0.1, -0.05) is 43.2 Å². The van der Waals surface area contributed by atoms with Gasteiger partial charge < -0.3 is 10.1 Å². The van der Waals surface area contributed by atoms with Crippen LogP contribution in [0.15, 0.2) is 28.6 Å². The van der Waals surface area contributed by atoms with Crippen molar-refractivity contribution in [2.45, 2.75) is 48.4 Å². The number of ether oxygens (including phenoxy) is 1. The number of thiazole rings is 1. The van der Waals surface area contributed by atoms with Gasteiger partial charge in [0.1, 0.15) is 5.54 Å². The summed E-state index contributed by atoms with van der Waals surface area (Å²) in [4.78, 5) is 28.4. The number of carbonyl (C=O) groups excluding carboxylic acids is 2. The van der Waals surface area contributed by atoms with Gasteiger partial charge in [0, 0.05) is 5.75 Å². The van der Waals surface area contributed by atoms with Gasteiger partial charge in [0.05, 0.1) is 22.7 Å². The van der Waals surface area contributed by atoms with Crippen molar-refractivity contribution in [2.24, 2.45) is 0 Å². The van der Waals surface area contributed by atoms with E-state index in [1.54, 1.807) is 11.3 Å². The van der Waals surface area contributed by atoms with Gasteiger partial charge in [-0.05, 0) is 25.0 Å². The van der Waals surface area contributed by atoms with E-state index in [0.29, 0.717) is 18.6 Å². The first-order valence-electron chi connectivity index (χ1n) is 8.96. The van der Waals surface area contributed by atoms with Crippen molar-refractivity contribution in [3.05, 3.63) is 24.3 Å². The fourth-order valence-corrected chi connectivity index (χ4v) is 5.13. The SMILES string of the molecule is N#CC1(NC(=O)COC(=O)CCSc2nc3ccccc3s2)CCCCC1. The van der Waals surface area contributed by atoms with Crippen molar-refractivity contribution < 1.29 is 14.3 Å². The predicted octanol–water partition coefficient (Wildman–Crippen LogP) is 3.66. The van der Waals surface area contributed by atoms with Crippen LogP contribution in [0.3, 0.4) is 0 Å². The molecule has 1 amide bonds. The monoisotopic (exact) mass is 403 g/mol. The lowest BCUT2D eigenvalue weighted by Gasteiger charge is -2.31. The van der Waals surface area contributed by atoms with Gasteiger partial charge in [-0.15, -0.1) is 11.3 Å². The zero-order chi connectivity index (χ0) is 19.1. The van der Waals surface area contributed by atoms with Crippen molar-refractivity contribution in [2.75, 3.05) is 12.4 Å². The van der Waals surface area contributed by atoms with Crippen LogP contribution in [-0.4, -0.2) is 34.8 Å². The van der Waals surface area contributed by atoms with E-state index in [-0.39, 0.29) is 13.0 Å². The third-order valence-corrected chi connectivity index (χ3v) is 6.65. The van der Waals surface area contributed by atoms with Crippen LogP contribution in [0.2, 0.25) is 0 Å². The minimum Gasteiger partial charge on any atom is -0.456 e. The molecule has 0 aliphatic heterocycles. The topological polar surface area (TPSA) is 92.1 Å². The molecule has 0 spiro atoms. The van der Waals surface area contributed by atoms with Crippen molar-refractivity contribution in [3.8, 4) is 6.07 Å². The number of para-hydroxylation sites is 1. The molecule has 142 valence electrons. The molecule has 27 heavy (non-hydrogen) atoms. The largest absolute Gasteiger partial charge is 0.456 e. The molecule has 0 bridgehead atoms. The van der Waals surface area contributed by atoms with Crippen LogP contribution >= 0.6 is 23.1 Å². The number of nitrogens with one attached hydrogen (secondary N) is 1. The normalized spacial score (nSPS) is 15.8. The van der Waals surface area contributed by atoms with Crippen molar-refractivity contribution in [3.63, 3.8) is 0 Å². The number of benzene rings is 1. The number of nitriles is 1. The average molecular weight is 404 g/mol. The van der Waals surface area contributed by atoms with Gasteiger partial charge >= 0.3 is 5.97 Å². The number of carbonyl (C=O) groups is 2. The third kappa shape index (κ3) is 5.44. The van der Waals surface area contributed by atoms with Gasteiger partial charge in [-0.2, -0.15) is 5.26 Å². The lowest BCUT2D eigenvalue weighted by Crippen LogP contribution is -2.50. The van der Waals surface area contributed by atoms with E-state index in [2.05, 4.69) is 16.4 Å². The second-order valence-corrected chi connectivity index (χ2v) is 8.88. The summed E-state index contributed by atoms with van der Waals surface area (Å²) in [5, 5.41) is 12.1. The molecule has 0 atom stereocenters. The Balaban J connectivity index is 1.37. The Hall–Kier alpha value is -2.11. The summed E-state index contributed by atoms with van der Waals surface area (Å²) in [5.74, 6) is -0.290. The summed E-state index contributed by atoms with van der Waals surface area (Å²) in [5.41, 5.74) is 0.156. The van der Waals surface area contributed by atoms with Crippen molar-refractivity contribution in [1.29, 1.82) is 5.26 Å². The Labute approximate surface area is 166 Å². The summed E-state index contributed by atoms with van der Waals surface area (Å²) >= 11 is 3.10. The molecule has 3 rings (SSSR count). The fourth-order valence-electron chi connectivity index (χ4n) is 3.08. The van der Waals surface area contributed by atoms with Crippen LogP contribution < -0.4 is 5.32 Å². The van der Waals surface area contributed by atoms with E-state index >= 15 is 0 Å². The van der Waals surface area contributed by atoms with E-state index in [9.17, 15) is 14.9 Å². The minimum atomic E-state index is -0.801. The van der Waals surface area contributed by atoms with Gasteiger partial charge in [0.25, 0.3) is 5.91 Å². The quantitative estimate of drug-likeness (QED) is 0.560. The Kier molecular flexibility index (Phi) is 6.69. The van der Waals surface area contributed by atoms with Crippen molar-refractivity contribution >= 4 is 45.2 Å². The Bertz CT molecular complexity index is 820. The molecule has 1 fully saturated rings. The smallest absolute Gasteiger partial charge is 0.307 e. The molecule has 1 aromatic carbocycles. The maximum absolute atomic E-state index is 12.0. The Morgan fingerprint density at radius 2 is 2.07 bits per heavy atom. The second kappa shape index (κ2) is 9.20.